The maximum atomic E-state index is 3.77. The number of hydrogen-bond acceptors (Lipinski definition) is 2. The van der Waals surface area contributed by atoms with E-state index in [-0.39, 0.29) is 0 Å². The van der Waals surface area contributed by atoms with E-state index < -0.39 is 0 Å². The van der Waals surface area contributed by atoms with E-state index in [0.717, 1.165) is 6.04 Å². The lowest BCUT2D eigenvalue weighted by Crippen LogP contribution is -2.27. The number of nitrogens with one attached hydrogen (secondary N) is 1. The quantitative estimate of drug-likeness (QED) is 0.818. The standard InChI is InChI=1S/C13H21NS/c1-8(2)13(14-11-5-6-11)12-7-9(3)15-10(12)4/h7-8,11,13-14H,5-6H2,1-4H3. The Kier molecular flexibility index (Phi) is 3.17. The molecule has 2 rings (SSSR count). The summed E-state index contributed by atoms with van der Waals surface area (Å²) in [5.41, 5.74) is 1.53. The lowest BCUT2D eigenvalue weighted by molar-refractivity contribution is 0.409. The number of rotatable bonds is 4. The Bertz CT molecular complexity index is 336. The predicted molar refractivity (Wildman–Crippen MR) is 67.5 cm³/mol. The first kappa shape index (κ1) is 11.2. The van der Waals surface area contributed by atoms with E-state index in [1.807, 2.05) is 11.3 Å². The van der Waals surface area contributed by atoms with Gasteiger partial charge in [-0.3, -0.25) is 0 Å². The lowest BCUT2D eigenvalue weighted by atomic mass is 9.96. The van der Waals surface area contributed by atoms with Gasteiger partial charge in [0.15, 0.2) is 0 Å². The fourth-order valence-electron chi connectivity index (χ4n) is 2.10. The molecule has 0 radical (unpaired) electrons. The SMILES string of the molecule is Cc1cc(C(NC2CC2)C(C)C)c(C)s1. The molecule has 1 nitrogen and oxygen atoms in total. The molecule has 1 aromatic heterocycles. The molecule has 0 aliphatic heterocycles. The summed E-state index contributed by atoms with van der Waals surface area (Å²) in [5.74, 6) is 0.679. The van der Waals surface area contributed by atoms with Gasteiger partial charge in [-0.1, -0.05) is 13.8 Å². The largest absolute Gasteiger partial charge is 0.307 e. The van der Waals surface area contributed by atoms with Crippen molar-refractivity contribution in [3.8, 4) is 0 Å². The second-order valence-electron chi connectivity index (χ2n) is 5.03. The highest BCUT2D eigenvalue weighted by Crippen LogP contribution is 2.33. The van der Waals surface area contributed by atoms with Crippen LogP contribution < -0.4 is 5.32 Å². The molecule has 0 saturated heterocycles. The number of aryl methyl sites for hydroxylation is 2. The number of hydrogen-bond donors (Lipinski definition) is 1. The molecule has 15 heavy (non-hydrogen) atoms. The van der Waals surface area contributed by atoms with E-state index >= 15 is 0 Å². The van der Waals surface area contributed by atoms with Gasteiger partial charge >= 0.3 is 0 Å². The van der Waals surface area contributed by atoms with Gasteiger partial charge in [0, 0.05) is 21.8 Å². The molecule has 0 amide bonds. The first-order valence-corrected chi connectivity index (χ1v) is 6.72. The number of thiophene rings is 1. The van der Waals surface area contributed by atoms with Crippen LogP contribution in [0.2, 0.25) is 0 Å². The Hall–Kier alpha value is -0.340. The minimum atomic E-state index is 0.558. The van der Waals surface area contributed by atoms with Crippen molar-refractivity contribution in [2.75, 3.05) is 0 Å². The first-order chi connectivity index (χ1) is 7.08. The van der Waals surface area contributed by atoms with Crippen LogP contribution in [0, 0.1) is 19.8 Å². The van der Waals surface area contributed by atoms with Crippen molar-refractivity contribution in [1.82, 2.24) is 5.32 Å². The van der Waals surface area contributed by atoms with Gasteiger partial charge in [-0.15, -0.1) is 11.3 Å². The zero-order valence-electron chi connectivity index (χ0n) is 10.1. The van der Waals surface area contributed by atoms with Crippen LogP contribution in [0.4, 0.5) is 0 Å². The second-order valence-corrected chi connectivity index (χ2v) is 6.49. The van der Waals surface area contributed by atoms with Crippen molar-refractivity contribution >= 4 is 11.3 Å². The summed E-state index contributed by atoms with van der Waals surface area (Å²) >= 11 is 1.92. The van der Waals surface area contributed by atoms with Crippen molar-refractivity contribution in [3.05, 3.63) is 21.4 Å². The first-order valence-electron chi connectivity index (χ1n) is 5.91. The van der Waals surface area contributed by atoms with E-state index in [2.05, 4.69) is 39.1 Å². The lowest BCUT2D eigenvalue weighted by Gasteiger charge is -2.22. The molecular weight excluding hydrogens is 202 g/mol. The second kappa shape index (κ2) is 4.26. The Morgan fingerprint density at radius 2 is 2.00 bits per heavy atom. The van der Waals surface area contributed by atoms with Gasteiger partial charge in [0.2, 0.25) is 0 Å². The van der Waals surface area contributed by atoms with Gasteiger partial charge in [-0.2, -0.15) is 0 Å². The molecule has 0 bridgehead atoms. The minimum Gasteiger partial charge on any atom is -0.307 e. The molecule has 0 spiro atoms. The van der Waals surface area contributed by atoms with E-state index in [1.54, 1.807) is 0 Å². The third-order valence-corrected chi connectivity index (χ3v) is 4.06. The van der Waals surface area contributed by atoms with Crippen LogP contribution in [0.15, 0.2) is 6.07 Å². The van der Waals surface area contributed by atoms with Gasteiger partial charge in [0.25, 0.3) is 0 Å². The average Bonchev–Trinajstić information content (AvgIpc) is 2.88. The third kappa shape index (κ3) is 2.61. The molecule has 1 aromatic rings. The molecule has 1 fully saturated rings. The van der Waals surface area contributed by atoms with E-state index in [0.29, 0.717) is 12.0 Å². The Morgan fingerprint density at radius 3 is 2.40 bits per heavy atom. The maximum absolute atomic E-state index is 3.77. The molecule has 1 saturated carbocycles. The van der Waals surface area contributed by atoms with Crippen LogP contribution in [0.3, 0.4) is 0 Å². The minimum absolute atomic E-state index is 0.558. The van der Waals surface area contributed by atoms with Crippen LogP contribution in [0.1, 0.15) is 48.0 Å². The predicted octanol–water partition coefficient (Wildman–Crippen LogP) is 3.81. The molecule has 0 aromatic carbocycles. The Balaban J connectivity index is 2.18. The van der Waals surface area contributed by atoms with Gasteiger partial charge in [0.05, 0.1) is 0 Å². The molecule has 1 heterocycles. The van der Waals surface area contributed by atoms with Crippen LogP contribution >= 0.6 is 11.3 Å². The monoisotopic (exact) mass is 223 g/mol. The highest BCUT2D eigenvalue weighted by atomic mass is 32.1. The summed E-state index contributed by atoms with van der Waals surface area (Å²) in [5, 5.41) is 3.77. The molecule has 2 heteroatoms. The molecule has 1 aliphatic rings. The van der Waals surface area contributed by atoms with Gasteiger partial charge in [0.1, 0.15) is 0 Å². The zero-order chi connectivity index (χ0) is 11.0. The highest BCUT2D eigenvalue weighted by molar-refractivity contribution is 7.12. The van der Waals surface area contributed by atoms with Gasteiger partial charge in [-0.05, 0) is 44.2 Å². The molecule has 1 atom stereocenters. The summed E-state index contributed by atoms with van der Waals surface area (Å²) in [6.07, 6.45) is 2.73. The summed E-state index contributed by atoms with van der Waals surface area (Å²) in [6.45, 7) is 9.08. The van der Waals surface area contributed by atoms with Crippen LogP contribution in [-0.4, -0.2) is 6.04 Å². The van der Waals surface area contributed by atoms with Crippen molar-refractivity contribution in [3.63, 3.8) is 0 Å². The molecule has 1 N–H and O–H groups in total. The molecule has 1 aliphatic carbocycles. The fourth-order valence-corrected chi connectivity index (χ4v) is 3.08. The Morgan fingerprint density at radius 1 is 1.33 bits per heavy atom. The van der Waals surface area contributed by atoms with E-state index in [1.165, 1.54) is 28.2 Å². The maximum Gasteiger partial charge on any atom is 0.0356 e. The van der Waals surface area contributed by atoms with Crippen molar-refractivity contribution in [1.29, 1.82) is 0 Å². The van der Waals surface area contributed by atoms with Crippen molar-refractivity contribution in [2.24, 2.45) is 5.92 Å². The van der Waals surface area contributed by atoms with E-state index in [4.69, 9.17) is 0 Å². The van der Waals surface area contributed by atoms with Crippen LogP contribution in [0.5, 0.6) is 0 Å². The summed E-state index contributed by atoms with van der Waals surface area (Å²) in [4.78, 5) is 2.92. The van der Waals surface area contributed by atoms with Gasteiger partial charge in [-0.25, -0.2) is 0 Å². The molecule has 84 valence electrons. The van der Waals surface area contributed by atoms with Gasteiger partial charge < -0.3 is 5.32 Å². The third-order valence-electron chi connectivity index (χ3n) is 3.07. The fraction of sp³-hybridized carbons (Fsp3) is 0.692. The topological polar surface area (TPSA) is 12.0 Å². The van der Waals surface area contributed by atoms with Crippen molar-refractivity contribution < 1.29 is 0 Å². The summed E-state index contributed by atoms with van der Waals surface area (Å²) in [7, 11) is 0. The van der Waals surface area contributed by atoms with Crippen LogP contribution in [-0.2, 0) is 0 Å². The smallest absolute Gasteiger partial charge is 0.0356 e. The highest BCUT2D eigenvalue weighted by Gasteiger charge is 2.28. The van der Waals surface area contributed by atoms with Crippen molar-refractivity contribution in [2.45, 2.75) is 52.6 Å². The molecule has 1 unspecified atom stereocenters. The van der Waals surface area contributed by atoms with E-state index in [9.17, 15) is 0 Å². The normalized spacial score (nSPS) is 18.5. The average molecular weight is 223 g/mol. The molecular formula is C13H21NS. The summed E-state index contributed by atoms with van der Waals surface area (Å²) < 4.78 is 0. The van der Waals surface area contributed by atoms with Crippen LogP contribution in [0.25, 0.3) is 0 Å². The summed E-state index contributed by atoms with van der Waals surface area (Å²) in [6, 6.07) is 3.71. The Labute approximate surface area is 96.9 Å². The zero-order valence-corrected chi connectivity index (χ0v) is 10.9.